The van der Waals surface area contributed by atoms with Crippen molar-refractivity contribution in [3.05, 3.63) is 54.1 Å². The number of nitrogens with two attached hydrogens (primary N) is 2. The molecule has 23 heavy (non-hydrogen) atoms. The van der Waals surface area contributed by atoms with E-state index in [2.05, 4.69) is 4.18 Å². The van der Waals surface area contributed by atoms with Gasteiger partial charge in [-0.1, -0.05) is 24.3 Å². The fourth-order valence-corrected chi connectivity index (χ4v) is 2.36. The van der Waals surface area contributed by atoms with Crippen LogP contribution >= 0.6 is 0 Å². The first kappa shape index (κ1) is 16.3. The minimum atomic E-state index is -4.30. The zero-order valence-electron chi connectivity index (χ0n) is 11.7. The second-order valence-corrected chi connectivity index (χ2v) is 5.50. The van der Waals surface area contributed by atoms with Crippen molar-refractivity contribution in [2.24, 2.45) is 10.9 Å². The van der Waals surface area contributed by atoms with Crippen molar-refractivity contribution in [3.8, 4) is 11.8 Å². The Morgan fingerprint density at radius 2 is 1.65 bits per heavy atom. The molecule has 2 aromatic rings. The summed E-state index contributed by atoms with van der Waals surface area (Å²) in [6.45, 7) is 0. The number of anilines is 2. The van der Waals surface area contributed by atoms with Crippen molar-refractivity contribution in [1.82, 2.24) is 0 Å². The average molecular weight is 332 g/mol. The van der Waals surface area contributed by atoms with Crippen molar-refractivity contribution >= 4 is 27.7 Å². The van der Waals surface area contributed by atoms with Crippen LogP contribution in [0.2, 0.25) is 0 Å². The summed E-state index contributed by atoms with van der Waals surface area (Å²) in [7, 11) is -4.30. The van der Waals surface area contributed by atoms with Gasteiger partial charge in [-0.05, 0) is 24.3 Å². The Kier molecular flexibility index (Phi) is 4.49. The second-order valence-electron chi connectivity index (χ2n) is 4.35. The van der Waals surface area contributed by atoms with Crippen LogP contribution in [0.4, 0.5) is 16.2 Å². The number of hydrogen-bond acceptors (Lipinski definition) is 5. The lowest BCUT2D eigenvalue weighted by Gasteiger charge is -2.23. The molecular formula is C14H12N4O4S. The first-order valence-corrected chi connectivity index (χ1v) is 7.70. The van der Waals surface area contributed by atoms with Gasteiger partial charge in [0.05, 0.1) is 16.9 Å². The van der Waals surface area contributed by atoms with Crippen LogP contribution < -0.4 is 20.0 Å². The number of nitriles is 1. The molecule has 9 heteroatoms. The van der Waals surface area contributed by atoms with Gasteiger partial charge in [0.2, 0.25) is 0 Å². The van der Waals surface area contributed by atoms with Crippen molar-refractivity contribution in [1.29, 1.82) is 5.26 Å². The molecule has 4 N–H and O–H groups in total. The predicted octanol–water partition coefficient (Wildman–Crippen LogP) is 1.36. The summed E-state index contributed by atoms with van der Waals surface area (Å²) in [5.41, 5.74) is 5.80. The number of urea groups is 1. The van der Waals surface area contributed by atoms with Crippen LogP contribution in [0.5, 0.6) is 5.75 Å². The van der Waals surface area contributed by atoms with E-state index in [4.69, 9.17) is 10.9 Å². The molecule has 118 valence electrons. The van der Waals surface area contributed by atoms with Gasteiger partial charge in [0.15, 0.2) is 5.75 Å². The molecule has 2 amide bonds. The molecule has 0 unspecified atom stereocenters. The maximum Gasteiger partial charge on any atom is 0.380 e. The summed E-state index contributed by atoms with van der Waals surface area (Å²) in [5, 5.41) is 14.0. The third kappa shape index (κ3) is 3.76. The van der Waals surface area contributed by atoms with Crippen molar-refractivity contribution in [2.75, 3.05) is 4.90 Å². The second kappa shape index (κ2) is 6.35. The van der Waals surface area contributed by atoms with E-state index in [0.717, 1.165) is 4.90 Å². The monoisotopic (exact) mass is 332 g/mol. The lowest BCUT2D eigenvalue weighted by molar-refractivity contribution is 0.256. The van der Waals surface area contributed by atoms with Crippen LogP contribution in [0.15, 0.2) is 48.5 Å². The van der Waals surface area contributed by atoms with Crippen molar-refractivity contribution < 1.29 is 17.4 Å². The molecule has 2 rings (SSSR count). The highest BCUT2D eigenvalue weighted by molar-refractivity contribution is 7.84. The molecule has 0 heterocycles. The van der Waals surface area contributed by atoms with Crippen molar-refractivity contribution in [2.45, 2.75) is 0 Å². The quantitative estimate of drug-likeness (QED) is 0.870. The van der Waals surface area contributed by atoms with Gasteiger partial charge in [-0.15, -0.1) is 0 Å². The number of primary amides is 1. The minimum Gasteiger partial charge on any atom is -0.369 e. The molecule has 0 atom stereocenters. The number of carbonyl (C=O) groups excluding carboxylic acids is 1. The Hall–Kier alpha value is -3.09. The predicted molar refractivity (Wildman–Crippen MR) is 83.1 cm³/mol. The van der Waals surface area contributed by atoms with Gasteiger partial charge in [0.25, 0.3) is 0 Å². The molecule has 0 saturated heterocycles. The molecule has 0 aromatic heterocycles. The lowest BCUT2D eigenvalue weighted by atomic mass is 10.1. The summed E-state index contributed by atoms with van der Waals surface area (Å²) in [6, 6.07) is 13.0. The van der Waals surface area contributed by atoms with Crippen LogP contribution in [0.3, 0.4) is 0 Å². The number of rotatable bonds is 4. The topological polar surface area (TPSA) is 140 Å². The standard InChI is InChI=1S/C14H12N4O4S/c15-9-10-5-1-2-6-11(10)18(14(16)19)12-7-3-4-8-13(12)22-23(17,20)21/h1-8H,(H2,16,19)(H2,17,20,21). The summed E-state index contributed by atoms with van der Waals surface area (Å²) in [6.07, 6.45) is 0. The van der Waals surface area contributed by atoms with Gasteiger partial charge < -0.3 is 9.92 Å². The third-order valence-corrected chi connectivity index (χ3v) is 3.21. The number of para-hydroxylation sites is 3. The van der Waals surface area contributed by atoms with E-state index in [0.29, 0.717) is 0 Å². The smallest absolute Gasteiger partial charge is 0.369 e. The molecule has 0 aliphatic rings. The summed E-state index contributed by atoms with van der Waals surface area (Å²) in [5.74, 6) is -0.193. The largest absolute Gasteiger partial charge is 0.380 e. The maximum absolute atomic E-state index is 11.9. The Morgan fingerprint density at radius 3 is 2.22 bits per heavy atom. The highest BCUT2D eigenvalue weighted by atomic mass is 32.2. The third-order valence-electron chi connectivity index (χ3n) is 2.80. The molecule has 0 radical (unpaired) electrons. The normalized spacial score (nSPS) is 10.6. The highest BCUT2D eigenvalue weighted by Crippen LogP contribution is 2.35. The van der Waals surface area contributed by atoms with E-state index >= 15 is 0 Å². The molecule has 0 fully saturated rings. The van der Waals surface area contributed by atoms with Crippen LogP contribution in [-0.2, 0) is 10.3 Å². The number of nitrogens with zero attached hydrogens (tertiary/aromatic N) is 2. The number of hydrogen-bond donors (Lipinski definition) is 2. The molecule has 0 aliphatic heterocycles. The molecule has 0 spiro atoms. The number of benzene rings is 2. The maximum atomic E-state index is 11.9. The van der Waals surface area contributed by atoms with Crippen LogP contribution in [-0.4, -0.2) is 14.4 Å². The van der Waals surface area contributed by atoms with Gasteiger partial charge in [-0.2, -0.15) is 18.8 Å². The molecule has 0 aliphatic carbocycles. The van der Waals surface area contributed by atoms with E-state index in [1.807, 2.05) is 6.07 Å². The van der Waals surface area contributed by atoms with Crippen LogP contribution in [0.25, 0.3) is 0 Å². The Labute approximate surface area is 132 Å². The van der Waals surface area contributed by atoms with E-state index in [1.54, 1.807) is 18.2 Å². The SMILES string of the molecule is N#Cc1ccccc1N(C(N)=O)c1ccccc1OS(N)(=O)=O. The fraction of sp³-hybridized carbons (Fsp3) is 0. The van der Waals surface area contributed by atoms with E-state index in [9.17, 15) is 18.5 Å². The van der Waals surface area contributed by atoms with E-state index in [-0.39, 0.29) is 22.7 Å². The van der Waals surface area contributed by atoms with Crippen molar-refractivity contribution in [3.63, 3.8) is 0 Å². The minimum absolute atomic E-state index is 0.0386. The molecule has 0 bridgehead atoms. The highest BCUT2D eigenvalue weighted by Gasteiger charge is 2.23. The number of amides is 2. The Morgan fingerprint density at radius 1 is 1.09 bits per heavy atom. The molecular weight excluding hydrogens is 320 g/mol. The Balaban J connectivity index is 2.65. The molecule has 2 aromatic carbocycles. The first-order valence-electron chi connectivity index (χ1n) is 6.23. The zero-order chi connectivity index (χ0) is 17.0. The average Bonchev–Trinajstić information content (AvgIpc) is 2.48. The van der Waals surface area contributed by atoms with Gasteiger partial charge in [-0.3, -0.25) is 4.90 Å². The van der Waals surface area contributed by atoms with Crippen LogP contribution in [0.1, 0.15) is 5.56 Å². The summed E-state index contributed by atoms with van der Waals surface area (Å²) < 4.78 is 27.0. The van der Waals surface area contributed by atoms with Gasteiger partial charge >= 0.3 is 16.3 Å². The van der Waals surface area contributed by atoms with Gasteiger partial charge in [-0.25, -0.2) is 4.79 Å². The first-order chi connectivity index (χ1) is 10.8. The number of carbonyl (C=O) groups is 1. The van der Waals surface area contributed by atoms with E-state index < -0.39 is 16.3 Å². The van der Waals surface area contributed by atoms with Gasteiger partial charge in [0.1, 0.15) is 6.07 Å². The Bertz CT molecular complexity index is 890. The zero-order valence-corrected chi connectivity index (χ0v) is 12.5. The molecule has 8 nitrogen and oxygen atoms in total. The van der Waals surface area contributed by atoms with Gasteiger partial charge in [0, 0.05) is 0 Å². The fourth-order valence-electron chi connectivity index (χ4n) is 1.97. The van der Waals surface area contributed by atoms with E-state index in [1.165, 1.54) is 30.3 Å². The summed E-state index contributed by atoms with van der Waals surface area (Å²) >= 11 is 0. The molecule has 0 saturated carbocycles. The lowest BCUT2D eigenvalue weighted by Crippen LogP contribution is -2.32. The summed E-state index contributed by atoms with van der Waals surface area (Å²) in [4.78, 5) is 12.9. The van der Waals surface area contributed by atoms with Crippen LogP contribution in [0, 0.1) is 11.3 Å².